The summed E-state index contributed by atoms with van der Waals surface area (Å²) in [7, 11) is 0. The molecule has 0 radical (unpaired) electrons. The van der Waals surface area contributed by atoms with Crippen molar-refractivity contribution in [3.05, 3.63) is 193 Å². The molecule has 0 saturated carbocycles. The summed E-state index contributed by atoms with van der Waals surface area (Å²) in [4.78, 5) is 2.46. The highest BCUT2D eigenvalue weighted by Gasteiger charge is 2.37. The Morgan fingerprint density at radius 1 is 0.451 bits per heavy atom. The number of fused-ring (bicyclic) bond motifs is 7. The van der Waals surface area contributed by atoms with Gasteiger partial charge in [0, 0.05) is 38.6 Å². The third kappa shape index (κ3) is 4.50. The number of rotatable bonds is 5. The van der Waals surface area contributed by atoms with Gasteiger partial charge in [-0.2, -0.15) is 0 Å². The molecule has 2 heteroatoms. The van der Waals surface area contributed by atoms with Crippen LogP contribution < -0.4 is 4.90 Å². The van der Waals surface area contributed by atoms with Crippen LogP contribution >= 0.6 is 0 Å². The molecule has 0 N–H and O–H groups in total. The van der Waals surface area contributed by atoms with Gasteiger partial charge in [-0.25, -0.2) is 0 Å². The number of para-hydroxylation sites is 2. The minimum atomic E-state index is -0.117. The molecule has 10 rings (SSSR count). The first kappa shape index (κ1) is 29.5. The molecule has 1 heterocycles. The molecule has 0 unspecified atom stereocenters. The van der Waals surface area contributed by atoms with Crippen molar-refractivity contribution in [3.63, 3.8) is 0 Å². The normalized spacial score (nSPS) is 13.1. The van der Waals surface area contributed by atoms with Crippen LogP contribution in [0.2, 0.25) is 0 Å². The van der Waals surface area contributed by atoms with E-state index in [0.717, 1.165) is 22.7 Å². The van der Waals surface area contributed by atoms with Crippen molar-refractivity contribution in [2.24, 2.45) is 0 Å². The summed E-state index contributed by atoms with van der Waals surface area (Å²) in [5, 5.41) is 4.94. The van der Waals surface area contributed by atoms with E-state index in [2.05, 4.69) is 205 Å². The Hall–Kier alpha value is -6.38. The highest BCUT2D eigenvalue weighted by molar-refractivity contribution is 6.11. The van der Waals surface area contributed by atoms with Crippen LogP contribution in [0.3, 0.4) is 0 Å². The van der Waals surface area contributed by atoms with Gasteiger partial charge in [0.25, 0.3) is 0 Å². The molecule has 0 spiro atoms. The van der Waals surface area contributed by atoms with Gasteiger partial charge in [-0.3, -0.25) is 0 Å². The predicted molar refractivity (Wildman–Crippen MR) is 216 cm³/mol. The average Bonchev–Trinajstić information content (AvgIpc) is 3.63. The van der Waals surface area contributed by atoms with E-state index in [-0.39, 0.29) is 5.41 Å². The van der Waals surface area contributed by atoms with Crippen molar-refractivity contribution in [1.29, 1.82) is 0 Å². The summed E-state index contributed by atoms with van der Waals surface area (Å²) in [6, 6.07) is 66.6. The van der Waals surface area contributed by atoms with Gasteiger partial charge in [0.2, 0.25) is 0 Å². The van der Waals surface area contributed by atoms with E-state index >= 15 is 0 Å². The number of benzene rings is 8. The van der Waals surface area contributed by atoms with Crippen LogP contribution in [0, 0.1) is 0 Å². The lowest BCUT2D eigenvalue weighted by Crippen LogP contribution is -2.15. The quantitative estimate of drug-likeness (QED) is 0.180. The average molecular weight is 653 g/mol. The number of nitrogens with zero attached hydrogens (tertiary/aromatic N) is 2. The first-order chi connectivity index (χ1) is 25.1. The van der Waals surface area contributed by atoms with Crippen LogP contribution in [-0.4, -0.2) is 4.57 Å². The molecule has 1 aliphatic rings. The standard InChI is InChI=1S/C49H36N2/c1-49(2)43-30-28-36(31-42(43)48-39(23-14-24-44(48)49)34-15-5-3-6-16-34)50(45-26-13-18-33-17-9-10-21-38(33)45)37-27-29-41-40-22-11-12-25-46(40)51(47(41)32-37)35-19-7-4-8-20-35/h3-32H,1-2H3. The zero-order chi connectivity index (χ0) is 34.1. The molecule has 0 amide bonds. The van der Waals surface area contributed by atoms with Crippen LogP contribution in [0.1, 0.15) is 25.0 Å². The Bertz CT molecular complexity index is 2770. The highest BCUT2D eigenvalue weighted by Crippen LogP contribution is 2.54. The SMILES string of the molecule is CC1(C)c2ccc(N(c3ccc4c5ccccc5n(-c5ccccc5)c4c3)c3cccc4ccccc34)cc2-c2c(-c3ccccc3)cccc21. The van der Waals surface area contributed by atoms with Gasteiger partial charge in [-0.1, -0.05) is 147 Å². The smallest absolute Gasteiger partial charge is 0.0561 e. The maximum absolute atomic E-state index is 2.46. The summed E-state index contributed by atoms with van der Waals surface area (Å²) < 4.78 is 2.41. The van der Waals surface area contributed by atoms with E-state index in [1.165, 1.54) is 66.0 Å². The molecule has 8 aromatic carbocycles. The summed E-state index contributed by atoms with van der Waals surface area (Å²) >= 11 is 0. The minimum absolute atomic E-state index is 0.117. The third-order valence-corrected chi connectivity index (χ3v) is 11.0. The maximum atomic E-state index is 2.46. The van der Waals surface area contributed by atoms with E-state index in [9.17, 15) is 0 Å². The topological polar surface area (TPSA) is 8.17 Å². The van der Waals surface area contributed by atoms with E-state index in [1.54, 1.807) is 0 Å². The summed E-state index contributed by atoms with van der Waals surface area (Å²) in [5.74, 6) is 0. The Kier molecular flexibility index (Phi) is 6.56. The van der Waals surface area contributed by atoms with E-state index < -0.39 is 0 Å². The molecule has 242 valence electrons. The van der Waals surface area contributed by atoms with E-state index in [4.69, 9.17) is 0 Å². The lowest BCUT2D eigenvalue weighted by Gasteiger charge is -2.28. The van der Waals surface area contributed by atoms with Gasteiger partial charge >= 0.3 is 0 Å². The zero-order valence-corrected chi connectivity index (χ0v) is 28.7. The monoisotopic (exact) mass is 652 g/mol. The first-order valence-electron chi connectivity index (χ1n) is 17.8. The van der Waals surface area contributed by atoms with Gasteiger partial charge in [0.1, 0.15) is 0 Å². The lowest BCUT2D eigenvalue weighted by atomic mass is 9.82. The largest absolute Gasteiger partial charge is 0.310 e. The van der Waals surface area contributed by atoms with Crippen molar-refractivity contribution < 1.29 is 0 Å². The molecule has 9 aromatic rings. The predicted octanol–water partition coefficient (Wildman–Crippen LogP) is 13.4. The fraction of sp³-hybridized carbons (Fsp3) is 0.0612. The summed E-state index contributed by atoms with van der Waals surface area (Å²) in [6.45, 7) is 4.73. The van der Waals surface area contributed by atoms with Gasteiger partial charge in [-0.05, 0) is 87.3 Å². The van der Waals surface area contributed by atoms with E-state index in [1.807, 2.05) is 0 Å². The molecular weight excluding hydrogens is 617 g/mol. The number of hydrogen-bond acceptors (Lipinski definition) is 1. The van der Waals surface area contributed by atoms with Crippen LogP contribution in [0.5, 0.6) is 0 Å². The third-order valence-electron chi connectivity index (χ3n) is 11.0. The zero-order valence-electron chi connectivity index (χ0n) is 28.7. The minimum Gasteiger partial charge on any atom is -0.310 e. The molecule has 1 aromatic heterocycles. The molecule has 0 fully saturated rings. The van der Waals surface area contributed by atoms with Crippen molar-refractivity contribution in [1.82, 2.24) is 4.57 Å². The second kappa shape index (κ2) is 11.3. The molecule has 0 bridgehead atoms. The Labute approximate surface area is 298 Å². The van der Waals surface area contributed by atoms with Crippen molar-refractivity contribution in [2.75, 3.05) is 4.90 Å². The van der Waals surface area contributed by atoms with Gasteiger partial charge < -0.3 is 9.47 Å². The summed E-state index contributed by atoms with van der Waals surface area (Å²) in [5.41, 5.74) is 14.7. The van der Waals surface area contributed by atoms with Gasteiger partial charge in [0.05, 0.1) is 16.7 Å². The Balaban J connectivity index is 1.25. The Morgan fingerprint density at radius 3 is 1.94 bits per heavy atom. The molecule has 0 atom stereocenters. The first-order valence-corrected chi connectivity index (χ1v) is 17.8. The van der Waals surface area contributed by atoms with Gasteiger partial charge in [-0.15, -0.1) is 0 Å². The number of aromatic nitrogens is 1. The summed E-state index contributed by atoms with van der Waals surface area (Å²) in [6.07, 6.45) is 0. The van der Waals surface area contributed by atoms with Crippen LogP contribution in [0.15, 0.2) is 182 Å². The van der Waals surface area contributed by atoms with Crippen molar-refractivity contribution >= 4 is 49.6 Å². The highest BCUT2D eigenvalue weighted by atomic mass is 15.1. The molecule has 0 aliphatic heterocycles. The molecular formula is C49H36N2. The molecule has 1 aliphatic carbocycles. The lowest BCUT2D eigenvalue weighted by molar-refractivity contribution is 0.660. The maximum Gasteiger partial charge on any atom is 0.0561 e. The number of hydrogen-bond donors (Lipinski definition) is 0. The number of anilines is 3. The molecule has 51 heavy (non-hydrogen) atoms. The van der Waals surface area contributed by atoms with Crippen LogP contribution in [0.25, 0.3) is 60.5 Å². The molecule has 2 nitrogen and oxygen atoms in total. The van der Waals surface area contributed by atoms with Crippen LogP contribution in [-0.2, 0) is 5.41 Å². The van der Waals surface area contributed by atoms with E-state index in [0.29, 0.717) is 0 Å². The van der Waals surface area contributed by atoms with Gasteiger partial charge in [0.15, 0.2) is 0 Å². The van der Waals surface area contributed by atoms with Crippen LogP contribution in [0.4, 0.5) is 17.1 Å². The second-order valence-corrected chi connectivity index (χ2v) is 14.2. The van der Waals surface area contributed by atoms with Crippen molar-refractivity contribution in [2.45, 2.75) is 19.3 Å². The second-order valence-electron chi connectivity index (χ2n) is 14.2. The fourth-order valence-corrected chi connectivity index (χ4v) is 8.57. The molecule has 0 saturated heterocycles. The fourth-order valence-electron chi connectivity index (χ4n) is 8.57. The Morgan fingerprint density at radius 2 is 1.10 bits per heavy atom. The van der Waals surface area contributed by atoms with Crippen molar-refractivity contribution in [3.8, 4) is 27.9 Å².